The van der Waals surface area contributed by atoms with Gasteiger partial charge in [-0.15, -0.1) is 10.2 Å². The summed E-state index contributed by atoms with van der Waals surface area (Å²) in [6.45, 7) is 2.83. The highest BCUT2D eigenvalue weighted by Gasteiger charge is 2.31. The number of hydrogen-bond acceptors (Lipinski definition) is 6. The standard InChI is InChI=1S/C17H25N5O3S/c23-14(19-17-20-18-12-26-17)6-7-15(24)22-10-4-5-13(11-22)16(25)21-8-2-1-3-9-21/h12-13H,1-11H2,(H,19,20,23). The van der Waals surface area contributed by atoms with Crippen LogP contribution in [0, 0.1) is 5.92 Å². The SMILES string of the molecule is O=C(CCC(=O)N1CCCC(C(=O)N2CCCCC2)C1)Nc1nncs1. The highest BCUT2D eigenvalue weighted by molar-refractivity contribution is 7.13. The molecule has 1 atom stereocenters. The average molecular weight is 379 g/mol. The third-order valence-corrected chi connectivity index (χ3v) is 5.57. The number of nitrogens with one attached hydrogen (secondary N) is 1. The van der Waals surface area contributed by atoms with Gasteiger partial charge in [-0.2, -0.15) is 0 Å². The van der Waals surface area contributed by atoms with Crippen LogP contribution in [0.1, 0.15) is 44.9 Å². The molecule has 26 heavy (non-hydrogen) atoms. The molecule has 0 aromatic carbocycles. The Kier molecular flexibility index (Phi) is 6.54. The largest absolute Gasteiger partial charge is 0.342 e. The van der Waals surface area contributed by atoms with Gasteiger partial charge in [0.25, 0.3) is 0 Å². The van der Waals surface area contributed by atoms with Gasteiger partial charge in [-0.3, -0.25) is 14.4 Å². The third-order valence-electron chi connectivity index (χ3n) is 4.96. The number of anilines is 1. The van der Waals surface area contributed by atoms with Gasteiger partial charge in [0.1, 0.15) is 5.51 Å². The molecule has 1 N–H and O–H groups in total. The summed E-state index contributed by atoms with van der Waals surface area (Å²) >= 11 is 1.24. The molecule has 1 aromatic heterocycles. The maximum atomic E-state index is 12.7. The maximum absolute atomic E-state index is 12.7. The summed E-state index contributed by atoms with van der Waals surface area (Å²) in [6.07, 6.45) is 5.28. The van der Waals surface area contributed by atoms with E-state index in [4.69, 9.17) is 0 Å². The maximum Gasteiger partial charge on any atom is 0.227 e. The Labute approximate surface area is 156 Å². The van der Waals surface area contributed by atoms with Crippen LogP contribution < -0.4 is 5.32 Å². The van der Waals surface area contributed by atoms with E-state index in [2.05, 4.69) is 15.5 Å². The normalized spacial score (nSPS) is 20.7. The van der Waals surface area contributed by atoms with Crippen LogP contribution in [0.25, 0.3) is 0 Å². The van der Waals surface area contributed by atoms with Crippen molar-refractivity contribution in [3.8, 4) is 0 Å². The highest BCUT2D eigenvalue weighted by atomic mass is 32.1. The van der Waals surface area contributed by atoms with E-state index in [1.54, 1.807) is 4.90 Å². The van der Waals surface area contributed by atoms with Crippen LogP contribution in [-0.4, -0.2) is 63.9 Å². The van der Waals surface area contributed by atoms with E-state index >= 15 is 0 Å². The first kappa shape index (κ1) is 18.8. The molecule has 0 aliphatic carbocycles. The van der Waals surface area contributed by atoms with Crippen LogP contribution in [0.2, 0.25) is 0 Å². The molecule has 3 amide bonds. The molecule has 0 saturated carbocycles. The minimum Gasteiger partial charge on any atom is -0.342 e. The average Bonchev–Trinajstić information content (AvgIpc) is 3.19. The predicted molar refractivity (Wildman–Crippen MR) is 97.5 cm³/mol. The quantitative estimate of drug-likeness (QED) is 0.837. The van der Waals surface area contributed by atoms with Gasteiger partial charge in [0.2, 0.25) is 22.9 Å². The lowest BCUT2D eigenvalue weighted by Crippen LogP contribution is -2.48. The Balaban J connectivity index is 1.45. The molecule has 0 spiro atoms. The van der Waals surface area contributed by atoms with Crippen molar-refractivity contribution in [1.29, 1.82) is 0 Å². The second-order valence-corrected chi connectivity index (χ2v) is 7.69. The van der Waals surface area contributed by atoms with Gasteiger partial charge in [-0.1, -0.05) is 11.3 Å². The van der Waals surface area contributed by atoms with Gasteiger partial charge < -0.3 is 15.1 Å². The van der Waals surface area contributed by atoms with E-state index < -0.39 is 0 Å². The van der Waals surface area contributed by atoms with Gasteiger partial charge in [-0.25, -0.2) is 0 Å². The Hall–Kier alpha value is -2.03. The van der Waals surface area contributed by atoms with Gasteiger partial charge >= 0.3 is 0 Å². The summed E-state index contributed by atoms with van der Waals surface area (Å²) in [6, 6.07) is 0. The molecule has 2 aliphatic heterocycles. The molecule has 0 bridgehead atoms. The van der Waals surface area contributed by atoms with E-state index in [0.29, 0.717) is 18.2 Å². The Bertz CT molecular complexity index is 630. The van der Waals surface area contributed by atoms with Gasteiger partial charge in [0.15, 0.2) is 0 Å². The van der Waals surface area contributed by atoms with Crippen molar-refractivity contribution in [3.05, 3.63) is 5.51 Å². The first-order valence-corrected chi connectivity index (χ1v) is 10.1. The zero-order chi connectivity index (χ0) is 18.4. The molecule has 1 unspecified atom stereocenters. The lowest BCUT2D eigenvalue weighted by Gasteiger charge is -2.36. The van der Waals surface area contributed by atoms with Crippen LogP contribution in [-0.2, 0) is 14.4 Å². The van der Waals surface area contributed by atoms with Gasteiger partial charge in [0, 0.05) is 39.0 Å². The van der Waals surface area contributed by atoms with Crippen molar-refractivity contribution in [3.63, 3.8) is 0 Å². The summed E-state index contributed by atoms with van der Waals surface area (Å²) in [5.41, 5.74) is 1.54. The molecule has 3 heterocycles. The zero-order valence-corrected chi connectivity index (χ0v) is 15.7. The number of aromatic nitrogens is 2. The lowest BCUT2D eigenvalue weighted by molar-refractivity contribution is -0.142. The van der Waals surface area contributed by atoms with E-state index in [0.717, 1.165) is 38.8 Å². The molecule has 2 fully saturated rings. The van der Waals surface area contributed by atoms with Crippen LogP contribution in [0.5, 0.6) is 0 Å². The van der Waals surface area contributed by atoms with E-state index in [1.807, 2.05) is 4.90 Å². The fourth-order valence-electron chi connectivity index (χ4n) is 3.57. The first-order valence-electron chi connectivity index (χ1n) is 9.26. The molecule has 3 rings (SSSR count). The monoisotopic (exact) mass is 379 g/mol. The van der Waals surface area contributed by atoms with Crippen LogP contribution >= 0.6 is 11.3 Å². The number of piperidine rings is 2. The summed E-state index contributed by atoms with van der Waals surface area (Å²) in [4.78, 5) is 40.7. The van der Waals surface area contributed by atoms with Crippen molar-refractivity contribution < 1.29 is 14.4 Å². The number of nitrogens with zero attached hydrogens (tertiary/aromatic N) is 4. The summed E-state index contributed by atoms with van der Waals surface area (Å²) < 4.78 is 0. The molecule has 142 valence electrons. The van der Waals surface area contributed by atoms with Crippen molar-refractivity contribution in [1.82, 2.24) is 20.0 Å². The van der Waals surface area contributed by atoms with Crippen LogP contribution in [0.4, 0.5) is 5.13 Å². The van der Waals surface area contributed by atoms with E-state index in [1.165, 1.54) is 23.3 Å². The summed E-state index contributed by atoms with van der Waals surface area (Å²) in [5.74, 6) is -0.209. The fourth-order valence-corrected chi connectivity index (χ4v) is 4.03. The number of carbonyl (C=O) groups excluding carboxylic acids is 3. The number of hydrogen-bond donors (Lipinski definition) is 1. The van der Waals surface area contributed by atoms with Crippen LogP contribution in [0.15, 0.2) is 5.51 Å². The van der Waals surface area contributed by atoms with E-state index in [9.17, 15) is 14.4 Å². The molecule has 0 radical (unpaired) electrons. The number of amides is 3. The minimum absolute atomic E-state index is 0.0615. The topological polar surface area (TPSA) is 95.5 Å². The smallest absolute Gasteiger partial charge is 0.227 e. The van der Waals surface area contributed by atoms with Crippen molar-refractivity contribution in [2.75, 3.05) is 31.5 Å². The third kappa shape index (κ3) is 5.00. The molecule has 2 aliphatic rings. The van der Waals surface area contributed by atoms with Gasteiger partial charge in [-0.05, 0) is 32.1 Å². The highest BCUT2D eigenvalue weighted by Crippen LogP contribution is 2.22. The Morgan fingerprint density at radius 1 is 1.08 bits per heavy atom. The lowest BCUT2D eigenvalue weighted by atomic mass is 9.95. The van der Waals surface area contributed by atoms with E-state index in [-0.39, 0.29) is 36.5 Å². The molecule has 1 aromatic rings. The minimum atomic E-state index is -0.243. The fraction of sp³-hybridized carbons (Fsp3) is 0.706. The second kappa shape index (κ2) is 9.07. The van der Waals surface area contributed by atoms with Crippen molar-refractivity contribution in [2.24, 2.45) is 5.92 Å². The molecule has 2 saturated heterocycles. The molecule has 9 heteroatoms. The number of carbonyl (C=O) groups is 3. The van der Waals surface area contributed by atoms with Crippen LogP contribution in [0.3, 0.4) is 0 Å². The zero-order valence-electron chi connectivity index (χ0n) is 14.9. The second-order valence-electron chi connectivity index (χ2n) is 6.86. The Morgan fingerprint density at radius 2 is 1.85 bits per heavy atom. The summed E-state index contributed by atoms with van der Waals surface area (Å²) in [7, 11) is 0. The molecule has 8 nitrogen and oxygen atoms in total. The van der Waals surface area contributed by atoms with Gasteiger partial charge in [0.05, 0.1) is 5.92 Å². The molecular weight excluding hydrogens is 354 g/mol. The predicted octanol–water partition coefficient (Wildman–Crippen LogP) is 1.51. The molecular formula is C17H25N5O3S. The number of likely N-dealkylation sites (tertiary alicyclic amines) is 2. The number of rotatable bonds is 5. The van der Waals surface area contributed by atoms with Crippen molar-refractivity contribution in [2.45, 2.75) is 44.9 Å². The Morgan fingerprint density at radius 3 is 2.58 bits per heavy atom. The summed E-state index contributed by atoms with van der Waals surface area (Å²) in [5, 5.41) is 10.5. The first-order chi connectivity index (χ1) is 12.6. The van der Waals surface area contributed by atoms with Crippen molar-refractivity contribution >= 4 is 34.2 Å².